The minimum absolute atomic E-state index is 0.00575. The fourth-order valence-corrected chi connectivity index (χ4v) is 2.50. The number of amides is 2. The summed E-state index contributed by atoms with van der Waals surface area (Å²) in [6, 6.07) is -0.608. The summed E-state index contributed by atoms with van der Waals surface area (Å²) in [7, 11) is 0. The van der Waals surface area contributed by atoms with Crippen molar-refractivity contribution in [3.05, 3.63) is 0 Å². The Morgan fingerprint density at radius 3 is 2.29 bits per heavy atom. The molecule has 1 aliphatic heterocycles. The van der Waals surface area contributed by atoms with Gasteiger partial charge in [0, 0.05) is 26.1 Å². The number of alkyl halides is 3. The van der Waals surface area contributed by atoms with Gasteiger partial charge in [0.2, 0.25) is 0 Å². The Kier molecular flexibility index (Phi) is 6.29. The molecule has 5 nitrogen and oxygen atoms in total. The molecule has 0 aromatic heterocycles. The van der Waals surface area contributed by atoms with Crippen LogP contribution >= 0.6 is 0 Å². The third kappa shape index (κ3) is 6.22. The largest absolute Gasteiger partial charge is 0.481 e. The molecule has 0 radical (unpaired) electrons. The van der Waals surface area contributed by atoms with Gasteiger partial charge in [0.15, 0.2) is 0 Å². The Hall–Kier alpha value is -1.47. The average Bonchev–Trinajstić information content (AvgIpc) is 2.36. The highest BCUT2D eigenvalue weighted by atomic mass is 19.4. The number of carbonyl (C=O) groups excluding carboxylic acids is 1. The third-order valence-corrected chi connectivity index (χ3v) is 3.48. The van der Waals surface area contributed by atoms with Gasteiger partial charge in [-0.1, -0.05) is 6.92 Å². The maximum absolute atomic E-state index is 12.5. The number of rotatable bonds is 5. The molecule has 0 spiro atoms. The Bertz CT molecular complexity index is 366. The van der Waals surface area contributed by atoms with E-state index in [1.807, 2.05) is 0 Å². The van der Waals surface area contributed by atoms with Crippen LogP contribution in [0.4, 0.5) is 18.0 Å². The maximum Gasteiger partial charge on any atom is 0.406 e. The summed E-state index contributed by atoms with van der Waals surface area (Å²) in [5, 5.41) is 8.71. The Morgan fingerprint density at radius 2 is 1.86 bits per heavy atom. The Labute approximate surface area is 121 Å². The number of halogens is 3. The fourth-order valence-electron chi connectivity index (χ4n) is 2.50. The molecule has 1 heterocycles. The molecule has 122 valence electrons. The molecule has 8 heteroatoms. The Morgan fingerprint density at radius 1 is 1.29 bits per heavy atom. The first kappa shape index (κ1) is 17.6. The molecule has 0 aromatic carbocycles. The van der Waals surface area contributed by atoms with Gasteiger partial charge in [-0.05, 0) is 25.2 Å². The molecule has 0 aliphatic carbocycles. The van der Waals surface area contributed by atoms with E-state index in [1.165, 1.54) is 4.90 Å². The molecule has 1 fully saturated rings. The number of likely N-dealkylation sites (tertiary alicyclic amines) is 1. The van der Waals surface area contributed by atoms with Crippen LogP contribution in [0.15, 0.2) is 0 Å². The predicted octanol–water partition coefficient (Wildman–Crippen LogP) is 2.57. The van der Waals surface area contributed by atoms with Crippen LogP contribution in [0.25, 0.3) is 0 Å². The molecule has 2 amide bonds. The van der Waals surface area contributed by atoms with E-state index < -0.39 is 24.7 Å². The maximum atomic E-state index is 12.5. The zero-order valence-electron chi connectivity index (χ0n) is 12.0. The summed E-state index contributed by atoms with van der Waals surface area (Å²) >= 11 is 0. The van der Waals surface area contributed by atoms with Gasteiger partial charge < -0.3 is 14.9 Å². The van der Waals surface area contributed by atoms with Crippen molar-refractivity contribution < 1.29 is 27.9 Å². The molecule has 0 unspecified atom stereocenters. The highest BCUT2D eigenvalue weighted by Crippen LogP contribution is 2.23. The summed E-state index contributed by atoms with van der Waals surface area (Å²) in [5.74, 6) is -0.891. The van der Waals surface area contributed by atoms with E-state index in [4.69, 9.17) is 5.11 Å². The number of piperidine rings is 1. The van der Waals surface area contributed by atoms with Crippen LogP contribution in [0.5, 0.6) is 0 Å². The van der Waals surface area contributed by atoms with Gasteiger partial charge in [-0.25, -0.2) is 4.79 Å². The fraction of sp³-hybridized carbons (Fsp3) is 0.846. The summed E-state index contributed by atoms with van der Waals surface area (Å²) in [5.41, 5.74) is 0. The molecule has 1 saturated heterocycles. The zero-order valence-corrected chi connectivity index (χ0v) is 12.0. The molecule has 21 heavy (non-hydrogen) atoms. The van der Waals surface area contributed by atoms with Crippen LogP contribution in [0.1, 0.15) is 32.6 Å². The second kappa shape index (κ2) is 7.51. The lowest BCUT2D eigenvalue weighted by Gasteiger charge is -2.35. The highest BCUT2D eigenvalue weighted by Gasteiger charge is 2.35. The first-order valence-electron chi connectivity index (χ1n) is 7.05. The average molecular weight is 310 g/mol. The first-order chi connectivity index (χ1) is 9.73. The van der Waals surface area contributed by atoms with Gasteiger partial charge in [-0.15, -0.1) is 0 Å². The van der Waals surface area contributed by atoms with Gasteiger partial charge in [-0.3, -0.25) is 4.79 Å². The lowest BCUT2D eigenvalue weighted by atomic mass is 9.94. The minimum Gasteiger partial charge on any atom is -0.481 e. The van der Waals surface area contributed by atoms with Crippen molar-refractivity contribution in [2.75, 3.05) is 26.2 Å². The lowest BCUT2D eigenvalue weighted by Crippen LogP contribution is -2.49. The number of hydrogen-bond acceptors (Lipinski definition) is 2. The van der Waals surface area contributed by atoms with E-state index in [1.54, 1.807) is 6.92 Å². The van der Waals surface area contributed by atoms with Crippen LogP contribution in [0.3, 0.4) is 0 Å². The van der Waals surface area contributed by atoms with Crippen molar-refractivity contribution >= 4 is 12.0 Å². The second-order valence-corrected chi connectivity index (χ2v) is 5.35. The summed E-state index contributed by atoms with van der Waals surface area (Å²) < 4.78 is 37.5. The van der Waals surface area contributed by atoms with Crippen LogP contribution in [-0.4, -0.2) is 59.3 Å². The second-order valence-electron chi connectivity index (χ2n) is 5.35. The summed E-state index contributed by atoms with van der Waals surface area (Å²) in [6.07, 6.45) is -2.87. The molecular formula is C13H21F3N2O3. The molecule has 1 N–H and O–H groups in total. The van der Waals surface area contributed by atoms with Crippen LogP contribution < -0.4 is 0 Å². The third-order valence-electron chi connectivity index (χ3n) is 3.48. The minimum atomic E-state index is -4.41. The van der Waals surface area contributed by atoms with E-state index in [9.17, 15) is 22.8 Å². The smallest absolute Gasteiger partial charge is 0.406 e. The lowest BCUT2D eigenvalue weighted by molar-refractivity contribution is -0.142. The van der Waals surface area contributed by atoms with Crippen LogP contribution in [0.2, 0.25) is 0 Å². The molecule has 0 atom stereocenters. The molecule has 0 saturated carbocycles. The van der Waals surface area contributed by atoms with Crippen molar-refractivity contribution in [3.63, 3.8) is 0 Å². The number of nitrogens with zero attached hydrogens (tertiary/aromatic N) is 2. The normalized spacial score (nSPS) is 16.9. The van der Waals surface area contributed by atoms with Crippen molar-refractivity contribution in [1.82, 2.24) is 9.80 Å². The number of aliphatic carboxylic acids is 1. The standard InChI is InChI=1S/C13H21F3N2O3/c1-2-5-18(9-13(14,15)16)12(21)17-6-3-10(4-7-17)8-11(19)20/h10H,2-9H2,1H3,(H,19,20). The number of carboxylic acid groups (broad SMARTS) is 1. The van der Waals surface area contributed by atoms with Crippen LogP contribution in [0, 0.1) is 5.92 Å². The van der Waals surface area contributed by atoms with Crippen molar-refractivity contribution in [3.8, 4) is 0 Å². The van der Waals surface area contributed by atoms with Crippen molar-refractivity contribution in [1.29, 1.82) is 0 Å². The molecular weight excluding hydrogens is 289 g/mol. The van der Waals surface area contributed by atoms with Gasteiger partial charge in [0.25, 0.3) is 0 Å². The number of hydrogen-bond donors (Lipinski definition) is 1. The number of urea groups is 1. The number of carboxylic acids is 1. The van der Waals surface area contributed by atoms with E-state index in [0.29, 0.717) is 32.4 Å². The quantitative estimate of drug-likeness (QED) is 0.849. The molecule has 0 aromatic rings. The molecule has 1 aliphatic rings. The van der Waals surface area contributed by atoms with Gasteiger partial charge >= 0.3 is 18.2 Å². The monoisotopic (exact) mass is 310 g/mol. The van der Waals surface area contributed by atoms with Gasteiger partial charge in [-0.2, -0.15) is 13.2 Å². The van der Waals surface area contributed by atoms with Crippen LogP contribution in [-0.2, 0) is 4.79 Å². The summed E-state index contributed by atoms with van der Waals surface area (Å²) in [6.45, 7) is 1.17. The van der Waals surface area contributed by atoms with E-state index in [0.717, 1.165) is 4.90 Å². The molecule has 0 bridgehead atoms. The number of carbonyl (C=O) groups is 2. The first-order valence-corrected chi connectivity index (χ1v) is 7.05. The predicted molar refractivity (Wildman–Crippen MR) is 69.9 cm³/mol. The van der Waals surface area contributed by atoms with E-state index >= 15 is 0 Å². The van der Waals surface area contributed by atoms with E-state index in [-0.39, 0.29) is 18.9 Å². The van der Waals surface area contributed by atoms with Gasteiger partial charge in [0.1, 0.15) is 6.54 Å². The van der Waals surface area contributed by atoms with Crippen molar-refractivity contribution in [2.24, 2.45) is 5.92 Å². The Balaban J connectivity index is 2.55. The zero-order chi connectivity index (χ0) is 16.0. The molecule has 1 rings (SSSR count). The van der Waals surface area contributed by atoms with Gasteiger partial charge in [0.05, 0.1) is 0 Å². The SMILES string of the molecule is CCCN(CC(F)(F)F)C(=O)N1CCC(CC(=O)O)CC1. The van der Waals surface area contributed by atoms with E-state index in [2.05, 4.69) is 0 Å². The topological polar surface area (TPSA) is 60.9 Å². The summed E-state index contributed by atoms with van der Waals surface area (Å²) in [4.78, 5) is 25.0. The van der Waals surface area contributed by atoms with Crippen molar-refractivity contribution in [2.45, 2.75) is 38.8 Å². The highest BCUT2D eigenvalue weighted by molar-refractivity contribution is 5.74.